The molecule has 0 radical (unpaired) electrons. The van der Waals surface area contributed by atoms with Crippen molar-refractivity contribution in [2.45, 2.75) is 44.8 Å². The molecule has 2 saturated heterocycles. The van der Waals surface area contributed by atoms with Crippen LogP contribution < -0.4 is 0 Å². The Morgan fingerprint density at radius 3 is 2.56 bits per heavy atom. The maximum absolute atomic E-state index is 10.7. The molecule has 0 spiro atoms. The molecule has 2 fully saturated rings. The Morgan fingerprint density at radius 2 is 1.88 bits per heavy atom. The molecule has 0 aliphatic carbocycles. The van der Waals surface area contributed by atoms with Crippen LogP contribution in [0.15, 0.2) is 34.5 Å². The molecule has 3 heterocycles. The second kappa shape index (κ2) is 12.3. The van der Waals surface area contributed by atoms with Gasteiger partial charge in [0.05, 0.1) is 18.0 Å². The van der Waals surface area contributed by atoms with Crippen molar-refractivity contribution in [3.05, 3.63) is 35.4 Å². The molecule has 3 aliphatic rings. The molecule has 0 aromatic heterocycles. The van der Waals surface area contributed by atoms with E-state index in [1.165, 1.54) is 13.0 Å². The molecule has 1 unspecified atom stereocenters. The standard InChI is InChI=1S/C25H37N5O4/c1-2-9-28-12-14-30(15-13-28)26-17-20-3-5-21(6-4-20)24-16-23(34-27-24)18-29-10-7-22(8-11-29)33-19-25(31)32/h3-6,17,22-23H,2,7-16,18-19H2,1H3,(H,31,32)/b26-17+. The third-order valence-electron chi connectivity index (χ3n) is 6.67. The summed E-state index contributed by atoms with van der Waals surface area (Å²) >= 11 is 0. The number of oxime groups is 1. The van der Waals surface area contributed by atoms with Crippen LogP contribution >= 0.6 is 0 Å². The highest BCUT2D eigenvalue weighted by Gasteiger charge is 2.27. The fourth-order valence-corrected chi connectivity index (χ4v) is 4.73. The zero-order valence-electron chi connectivity index (χ0n) is 20.1. The van der Waals surface area contributed by atoms with Crippen molar-refractivity contribution >= 4 is 17.9 Å². The predicted molar refractivity (Wildman–Crippen MR) is 131 cm³/mol. The number of aliphatic carboxylic acids is 1. The number of nitrogens with zero attached hydrogens (tertiary/aromatic N) is 5. The van der Waals surface area contributed by atoms with E-state index in [1.807, 2.05) is 6.21 Å². The number of ether oxygens (including phenoxy) is 1. The predicted octanol–water partition coefficient (Wildman–Crippen LogP) is 2.11. The van der Waals surface area contributed by atoms with E-state index in [-0.39, 0.29) is 18.8 Å². The summed E-state index contributed by atoms with van der Waals surface area (Å²) in [5.74, 6) is -0.910. The number of hydrogen-bond donors (Lipinski definition) is 1. The molecule has 1 atom stereocenters. The largest absolute Gasteiger partial charge is 0.480 e. The van der Waals surface area contributed by atoms with Gasteiger partial charge in [0, 0.05) is 52.2 Å². The normalized spacial score (nSPS) is 22.8. The maximum atomic E-state index is 10.7. The van der Waals surface area contributed by atoms with Crippen molar-refractivity contribution < 1.29 is 19.5 Å². The highest BCUT2D eigenvalue weighted by molar-refractivity contribution is 6.01. The van der Waals surface area contributed by atoms with E-state index in [4.69, 9.17) is 14.7 Å². The smallest absolute Gasteiger partial charge is 0.329 e. The van der Waals surface area contributed by atoms with Gasteiger partial charge in [-0.15, -0.1) is 0 Å². The Kier molecular flexibility index (Phi) is 8.90. The van der Waals surface area contributed by atoms with Crippen LogP contribution in [-0.4, -0.2) is 109 Å². The molecule has 1 N–H and O–H groups in total. The Morgan fingerprint density at radius 1 is 1.15 bits per heavy atom. The Hall–Kier alpha value is -2.49. The second-order valence-corrected chi connectivity index (χ2v) is 9.34. The number of rotatable bonds is 10. The number of hydrazone groups is 1. The lowest BCUT2D eigenvalue weighted by Gasteiger charge is -2.32. The third-order valence-corrected chi connectivity index (χ3v) is 6.67. The van der Waals surface area contributed by atoms with Gasteiger partial charge in [-0.3, -0.25) is 14.8 Å². The van der Waals surface area contributed by atoms with E-state index in [0.29, 0.717) is 0 Å². The van der Waals surface area contributed by atoms with Crippen molar-refractivity contribution in [1.29, 1.82) is 0 Å². The van der Waals surface area contributed by atoms with Crippen LogP contribution in [0.3, 0.4) is 0 Å². The topological polar surface area (TPSA) is 90.2 Å². The van der Waals surface area contributed by atoms with E-state index in [2.05, 4.69) is 56.3 Å². The molecule has 186 valence electrons. The zero-order valence-corrected chi connectivity index (χ0v) is 20.1. The Bertz CT molecular complexity index is 843. The fraction of sp³-hybridized carbons (Fsp3) is 0.640. The molecule has 3 aliphatic heterocycles. The average Bonchev–Trinajstić information content (AvgIpc) is 3.32. The third kappa shape index (κ3) is 7.25. The lowest BCUT2D eigenvalue weighted by Crippen LogP contribution is -2.44. The lowest BCUT2D eigenvalue weighted by atomic mass is 10.0. The minimum atomic E-state index is -0.910. The molecule has 0 amide bonds. The van der Waals surface area contributed by atoms with Crippen LogP contribution in [-0.2, 0) is 14.4 Å². The van der Waals surface area contributed by atoms with Gasteiger partial charge < -0.3 is 14.7 Å². The van der Waals surface area contributed by atoms with Crippen molar-refractivity contribution in [3.63, 3.8) is 0 Å². The van der Waals surface area contributed by atoms with Gasteiger partial charge in [0.25, 0.3) is 0 Å². The first kappa shape index (κ1) is 24.6. The van der Waals surface area contributed by atoms with Crippen molar-refractivity contribution in [1.82, 2.24) is 14.8 Å². The number of likely N-dealkylation sites (tertiary alicyclic amines) is 1. The monoisotopic (exact) mass is 471 g/mol. The van der Waals surface area contributed by atoms with Gasteiger partial charge in [-0.25, -0.2) is 4.79 Å². The van der Waals surface area contributed by atoms with Gasteiger partial charge in [-0.1, -0.05) is 36.3 Å². The van der Waals surface area contributed by atoms with Crippen molar-refractivity contribution in [2.75, 3.05) is 59.0 Å². The molecule has 34 heavy (non-hydrogen) atoms. The number of benzene rings is 1. The summed E-state index contributed by atoms with van der Waals surface area (Å²) in [5.41, 5.74) is 3.16. The summed E-state index contributed by atoms with van der Waals surface area (Å²) in [6.45, 7) is 9.93. The number of piperidine rings is 1. The van der Waals surface area contributed by atoms with Crippen LogP contribution in [0.2, 0.25) is 0 Å². The summed E-state index contributed by atoms with van der Waals surface area (Å²) < 4.78 is 5.42. The summed E-state index contributed by atoms with van der Waals surface area (Å²) in [4.78, 5) is 21.2. The van der Waals surface area contributed by atoms with E-state index in [0.717, 1.165) is 81.9 Å². The molecule has 4 rings (SSSR count). The minimum Gasteiger partial charge on any atom is -0.480 e. The number of carboxylic acids is 1. The molecule has 0 saturated carbocycles. The number of piperazine rings is 1. The quantitative estimate of drug-likeness (QED) is 0.523. The van der Waals surface area contributed by atoms with Crippen LogP contribution in [0.5, 0.6) is 0 Å². The van der Waals surface area contributed by atoms with Crippen molar-refractivity contribution in [3.8, 4) is 0 Å². The highest BCUT2D eigenvalue weighted by atomic mass is 16.6. The van der Waals surface area contributed by atoms with E-state index >= 15 is 0 Å². The van der Waals surface area contributed by atoms with Gasteiger partial charge in [0.1, 0.15) is 12.7 Å². The molecule has 0 bridgehead atoms. The first-order chi connectivity index (χ1) is 16.6. The molecule has 1 aromatic carbocycles. The van der Waals surface area contributed by atoms with E-state index < -0.39 is 5.97 Å². The lowest BCUT2D eigenvalue weighted by molar-refractivity contribution is -0.145. The zero-order chi connectivity index (χ0) is 23.8. The summed E-state index contributed by atoms with van der Waals surface area (Å²) in [6, 6.07) is 8.36. The summed E-state index contributed by atoms with van der Waals surface area (Å²) in [5, 5.41) is 19.9. The van der Waals surface area contributed by atoms with Gasteiger partial charge in [0.2, 0.25) is 0 Å². The molecular weight excluding hydrogens is 434 g/mol. The van der Waals surface area contributed by atoms with Gasteiger partial charge in [0.15, 0.2) is 0 Å². The van der Waals surface area contributed by atoms with E-state index in [9.17, 15) is 4.79 Å². The van der Waals surface area contributed by atoms with E-state index in [1.54, 1.807) is 0 Å². The number of carboxylic acid groups (broad SMARTS) is 1. The van der Waals surface area contributed by atoms with Gasteiger partial charge in [-0.2, -0.15) is 5.10 Å². The Labute approximate surface area is 202 Å². The second-order valence-electron chi connectivity index (χ2n) is 9.34. The SMILES string of the molecule is CCCN1CCN(/N=C/c2ccc(C3=NOC(CN4CCC(OCC(=O)O)CC4)C3)cc2)CC1. The van der Waals surface area contributed by atoms with Crippen LogP contribution in [0, 0.1) is 0 Å². The van der Waals surface area contributed by atoms with Crippen LogP contribution in [0.25, 0.3) is 0 Å². The van der Waals surface area contributed by atoms with Crippen LogP contribution in [0.1, 0.15) is 43.7 Å². The molecule has 1 aromatic rings. The molecule has 9 nitrogen and oxygen atoms in total. The molecular formula is C25H37N5O4. The highest BCUT2D eigenvalue weighted by Crippen LogP contribution is 2.20. The summed E-state index contributed by atoms with van der Waals surface area (Å²) in [6.07, 6.45) is 5.74. The summed E-state index contributed by atoms with van der Waals surface area (Å²) in [7, 11) is 0. The van der Waals surface area contributed by atoms with Crippen molar-refractivity contribution in [2.24, 2.45) is 10.3 Å². The van der Waals surface area contributed by atoms with Gasteiger partial charge >= 0.3 is 5.97 Å². The fourth-order valence-electron chi connectivity index (χ4n) is 4.73. The minimum absolute atomic E-state index is 0.0383. The van der Waals surface area contributed by atoms with Crippen LogP contribution in [0.4, 0.5) is 0 Å². The maximum Gasteiger partial charge on any atom is 0.329 e. The number of hydrogen-bond acceptors (Lipinski definition) is 8. The first-order valence-electron chi connectivity index (χ1n) is 12.5. The Balaban J connectivity index is 1.18. The number of carbonyl (C=O) groups is 1. The first-order valence-corrected chi connectivity index (χ1v) is 12.5. The van der Waals surface area contributed by atoms with Gasteiger partial charge in [-0.05, 0) is 36.9 Å². The molecule has 9 heteroatoms. The average molecular weight is 472 g/mol.